The van der Waals surface area contributed by atoms with Crippen molar-refractivity contribution in [2.45, 2.75) is 32.9 Å². The summed E-state index contributed by atoms with van der Waals surface area (Å²) in [7, 11) is 0. The number of benzene rings is 1. The van der Waals surface area contributed by atoms with E-state index in [0.29, 0.717) is 11.0 Å². The molecule has 0 radical (unpaired) electrons. The number of hydrogen-bond donors (Lipinski definition) is 1. The molecule has 1 unspecified atom stereocenters. The minimum absolute atomic E-state index is 0.0242. The maximum Gasteiger partial charge on any atom is 0.132 e. The van der Waals surface area contributed by atoms with Crippen molar-refractivity contribution in [3.63, 3.8) is 0 Å². The average molecular weight is 358 g/mol. The third-order valence-corrected chi connectivity index (χ3v) is 3.64. The van der Waals surface area contributed by atoms with Crippen LogP contribution in [0, 0.1) is 11.6 Å². The lowest BCUT2D eigenvalue weighted by Crippen LogP contribution is -2.24. The van der Waals surface area contributed by atoms with Gasteiger partial charge in [-0.25, -0.2) is 8.78 Å². The first kappa shape index (κ1) is 16.1. The molecule has 1 atom stereocenters. The van der Waals surface area contributed by atoms with Gasteiger partial charge in [-0.15, -0.1) is 0 Å². The second-order valence-corrected chi connectivity index (χ2v) is 5.73. The fraction of sp³-hybridized carbons (Fsp3) is 0.400. The number of aryl methyl sites for hydroxylation is 1. The number of halogens is 3. The summed E-state index contributed by atoms with van der Waals surface area (Å²) in [5.41, 5.74) is 0.779. The van der Waals surface area contributed by atoms with Gasteiger partial charge in [0.1, 0.15) is 11.6 Å². The van der Waals surface area contributed by atoms with Crippen molar-refractivity contribution in [2.75, 3.05) is 6.54 Å². The first-order chi connectivity index (χ1) is 10.1. The Kier molecular flexibility index (Phi) is 5.47. The zero-order valence-electron chi connectivity index (χ0n) is 12.0. The number of hydrogen-bond acceptors (Lipinski definition) is 2. The van der Waals surface area contributed by atoms with Gasteiger partial charge in [0.05, 0.1) is 12.2 Å². The van der Waals surface area contributed by atoms with Gasteiger partial charge < -0.3 is 5.32 Å². The predicted octanol–water partition coefficient (Wildman–Crippen LogP) is 4.03. The van der Waals surface area contributed by atoms with Crippen LogP contribution in [-0.2, 0) is 6.54 Å². The molecule has 114 valence electrons. The van der Waals surface area contributed by atoms with Gasteiger partial charge in [0.25, 0.3) is 0 Å². The normalized spacial score (nSPS) is 12.6. The van der Waals surface area contributed by atoms with Crippen LogP contribution in [0.4, 0.5) is 8.78 Å². The van der Waals surface area contributed by atoms with Gasteiger partial charge in [-0.2, -0.15) is 5.10 Å². The van der Waals surface area contributed by atoms with Crippen LogP contribution in [-0.4, -0.2) is 16.3 Å². The van der Waals surface area contributed by atoms with Crippen LogP contribution in [0.1, 0.15) is 37.4 Å². The highest BCUT2D eigenvalue weighted by atomic mass is 79.9. The van der Waals surface area contributed by atoms with Gasteiger partial charge in [0.2, 0.25) is 0 Å². The van der Waals surface area contributed by atoms with E-state index in [4.69, 9.17) is 0 Å². The van der Waals surface area contributed by atoms with E-state index >= 15 is 0 Å². The lowest BCUT2D eigenvalue weighted by Gasteiger charge is -2.18. The van der Waals surface area contributed by atoms with E-state index in [1.165, 1.54) is 12.1 Å². The molecule has 0 bridgehead atoms. The van der Waals surface area contributed by atoms with Crippen molar-refractivity contribution >= 4 is 15.9 Å². The molecule has 0 aliphatic rings. The van der Waals surface area contributed by atoms with E-state index in [2.05, 4.69) is 33.3 Å². The molecule has 0 spiro atoms. The minimum Gasteiger partial charge on any atom is -0.306 e. The molecule has 3 nitrogen and oxygen atoms in total. The molecule has 0 saturated heterocycles. The zero-order chi connectivity index (χ0) is 15.4. The van der Waals surface area contributed by atoms with Crippen LogP contribution in [0.5, 0.6) is 0 Å². The molecule has 6 heteroatoms. The van der Waals surface area contributed by atoms with Gasteiger partial charge >= 0.3 is 0 Å². The Bertz CT molecular complexity index is 590. The van der Waals surface area contributed by atoms with E-state index in [0.717, 1.165) is 18.5 Å². The Morgan fingerprint density at radius 2 is 1.95 bits per heavy atom. The van der Waals surface area contributed by atoms with E-state index in [-0.39, 0.29) is 5.56 Å². The fourth-order valence-corrected chi connectivity index (χ4v) is 2.70. The molecule has 1 heterocycles. The van der Waals surface area contributed by atoms with Gasteiger partial charge in [0.15, 0.2) is 0 Å². The highest BCUT2D eigenvalue weighted by Gasteiger charge is 2.23. The molecule has 2 aromatic rings. The fourth-order valence-electron chi connectivity index (χ4n) is 2.30. The second kappa shape index (κ2) is 7.13. The summed E-state index contributed by atoms with van der Waals surface area (Å²) in [4.78, 5) is 0. The maximum absolute atomic E-state index is 14.2. The number of nitrogens with zero attached hydrogens (tertiary/aromatic N) is 2. The standard InChI is InChI=1S/C15H18BrF2N3/c1-3-5-21-9-10(8-20-21)15(19-4-2)14-12(17)6-11(16)7-13(14)18/h6-9,15,19H,3-5H2,1-2H3. The van der Waals surface area contributed by atoms with E-state index in [1.807, 2.05) is 13.1 Å². The summed E-state index contributed by atoms with van der Waals surface area (Å²) in [5, 5.41) is 7.36. The van der Waals surface area contributed by atoms with Crippen molar-refractivity contribution in [1.29, 1.82) is 0 Å². The Morgan fingerprint density at radius 1 is 1.29 bits per heavy atom. The van der Waals surface area contributed by atoms with Crippen molar-refractivity contribution in [2.24, 2.45) is 0 Å². The van der Waals surface area contributed by atoms with Crippen molar-refractivity contribution in [3.05, 3.63) is 51.8 Å². The predicted molar refractivity (Wildman–Crippen MR) is 82.1 cm³/mol. The average Bonchev–Trinajstić information content (AvgIpc) is 2.85. The van der Waals surface area contributed by atoms with Crippen molar-refractivity contribution in [3.8, 4) is 0 Å². The third kappa shape index (κ3) is 3.68. The molecule has 0 aliphatic carbocycles. The van der Waals surface area contributed by atoms with E-state index < -0.39 is 17.7 Å². The monoisotopic (exact) mass is 357 g/mol. The lowest BCUT2D eigenvalue weighted by atomic mass is 10.0. The quantitative estimate of drug-likeness (QED) is 0.845. The van der Waals surface area contributed by atoms with Crippen LogP contribution in [0.15, 0.2) is 29.0 Å². The molecule has 21 heavy (non-hydrogen) atoms. The summed E-state index contributed by atoms with van der Waals surface area (Å²) in [6.45, 7) is 5.33. The summed E-state index contributed by atoms with van der Waals surface area (Å²) in [6, 6.07) is 2.01. The molecular weight excluding hydrogens is 340 g/mol. The van der Waals surface area contributed by atoms with Gasteiger partial charge in [-0.1, -0.05) is 29.8 Å². The topological polar surface area (TPSA) is 29.9 Å². The smallest absolute Gasteiger partial charge is 0.132 e. The van der Waals surface area contributed by atoms with Crippen LogP contribution in [0.25, 0.3) is 0 Å². The third-order valence-electron chi connectivity index (χ3n) is 3.18. The molecule has 0 fully saturated rings. The SMILES string of the molecule is CCCn1cc(C(NCC)c2c(F)cc(Br)cc2F)cn1. The van der Waals surface area contributed by atoms with Crippen LogP contribution in [0.3, 0.4) is 0 Å². The van der Waals surface area contributed by atoms with E-state index in [9.17, 15) is 8.78 Å². The van der Waals surface area contributed by atoms with Crippen LogP contribution < -0.4 is 5.32 Å². The molecule has 0 amide bonds. The highest BCUT2D eigenvalue weighted by Crippen LogP contribution is 2.29. The number of nitrogens with one attached hydrogen (secondary N) is 1. The van der Waals surface area contributed by atoms with Crippen LogP contribution in [0.2, 0.25) is 0 Å². The molecule has 2 rings (SSSR count). The molecule has 1 aromatic carbocycles. The Balaban J connectivity index is 2.43. The Hall–Kier alpha value is -1.27. The van der Waals surface area contributed by atoms with Crippen molar-refractivity contribution in [1.82, 2.24) is 15.1 Å². The van der Waals surface area contributed by atoms with Gasteiger partial charge in [-0.3, -0.25) is 4.68 Å². The lowest BCUT2D eigenvalue weighted by molar-refractivity contribution is 0.508. The first-order valence-corrected chi connectivity index (χ1v) is 7.76. The number of rotatable bonds is 6. The highest BCUT2D eigenvalue weighted by molar-refractivity contribution is 9.10. The largest absolute Gasteiger partial charge is 0.306 e. The summed E-state index contributed by atoms with van der Waals surface area (Å²) in [5.74, 6) is -1.15. The molecule has 1 aromatic heterocycles. The molecule has 1 N–H and O–H groups in total. The number of aromatic nitrogens is 2. The molecular formula is C15H18BrF2N3. The second-order valence-electron chi connectivity index (χ2n) is 4.81. The van der Waals surface area contributed by atoms with E-state index in [1.54, 1.807) is 10.9 Å². The summed E-state index contributed by atoms with van der Waals surface area (Å²) < 4.78 is 30.5. The zero-order valence-corrected chi connectivity index (χ0v) is 13.6. The molecule has 0 saturated carbocycles. The Labute approximate surface area is 131 Å². The minimum atomic E-state index is -0.573. The molecule has 0 aliphatic heterocycles. The van der Waals surface area contributed by atoms with Crippen LogP contribution >= 0.6 is 15.9 Å². The van der Waals surface area contributed by atoms with Gasteiger partial charge in [0, 0.05) is 28.3 Å². The maximum atomic E-state index is 14.2. The summed E-state index contributed by atoms with van der Waals surface area (Å²) in [6.07, 6.45) is 4.44. The summed E-state index contributed by atoms with van der Waals surface area (Å²) >= 11 is 3.10. The Morgan fingerprint density at radius 3 is 2.52 bits per heavy atom. The first-order valence-electron chi connectivity index (χ1n) is 6.97. The van der Waals surface area contributed by atoms with Crippen molar-refractivity contribution < 1.29 is 8.78 Å². The van der Waals surface area contributed by atoms with Gasteiger partial charge in [-0.05, 0) is 25.1 Å².